The Balaban J connectivity index is 1.25. The summed E-state index contributed by atoms with van der Waals surface area (Å²) in [5, 5.41) is 10.7. The largest absolute Gasteiger partial charge is 0.447 e. The second kappa shape index (κ2) is 8.71. The van der Waals surface area contributed by atoms with Gasteiger partial charge in [0.05, 0.1) is 11.5 Å². The fourth-order valence-corrected chi connectivity index (χ4v) is 3.84. The van der Waals surface area contributed by atoms with Crippen molar-refractivity contribution in [3.63, 3.8) is 0 Å². The molecule has 0 saturated carbocycles. The molecule has 2 aromatic rings. The van der Waals surface area contributed by atoms with Crippen LogP contribution in [0.4, 0.5) is 5.69 Å². The summed E-state index contributed by atoms with van der Waals surface area (Å²) in [5.74, 6) is 0.543. The number of non-ortho nitro benzene ring substituents is 1. The third-order valence-corrected chi connectivity index (χ3v) is 5.54. The number of carbonyl (C=O) groups is 1. The van der Waals surface area contributed by atoms with Crippen LogP contribution in [0.25, 0.3) is 0 Å². The predicted octanol–water partition coefficient (Wildman–Crippen LogP) is 2.14. The van der Waals surface area contributed by atoms with Crippen LogP contribution in [-0.4, -0.2) is 69.8 Å². The number of aromatic nitrogens is 1. The number of amides is 1. The van der Waals surface area contributed by atoms with Crippen LogP contribution in [0.3, 0.4) is 0 Å². The summed E-state index contributed by atoms with van der Waals surface area (Å²) < 4.78 is 5.53. The fraction of sp³-hybridized carbons (Fsp3) is 0.500. The van der Waals surface area contributed by atoms with Gasteiger partial charge in [0.25, 0.3) is 11.6 Å². The van der Waals surface area contributed by atoms with Crippen LogP contribution in [0.5, 0.6) is 0 Å². The van der Waals surface area contributed by atoms with Gasteiger partial charge in [-0.3, -0.25) is 24.7 Å². The Morgan fingerprint density at radius 1 is 1.00 bits per heavy atom. The molecule has 29 heavy (non-hydrogen) atoms. The summed E-state index contributed by atoms with van der Waals surface area (Å²) in [5.41, 5.74) is 1.59. The maximum Gasteiger partial charge on any atom is 0.275 e. The summed E-state index contributed by atoms with van der Waals surface area (Å²) in [4.78, 5) is 33.6. The number of oxazole rings is 1. The van der Waals surface area contributed by atoms with Gasteiger partial charge in [0.2, 0.25) is 5.89 Å². The van der Waals surface area contributed by atoms with E-state index in [4.69, 9.17) is 4.42 Å². The van der Waals surface area contributed by atoms with Gasteiger partial charge in [-0.2, -0.15) is 0 Å². The number of nitro benzene ring substituents is 1. The van der Waals surface area contributed by atoms with Crippen molar-refractivity contribution in [2.75, 3.05) is 39.3 Å². The summed E-state index contributed by atoms with van der Waals surface area (Å²) in [6, 6.07) is 6.73. The average Bonchev–Trinajstić information content (AvgIpc) is 3.42. The van der Waals surface area contributed by atoms with Crippen LogP contribution in [0.15, 0.2) is 34.9 Å². The van der Waals surface area contributed by atoms with Gasteiger partial charge in [-0.15, -0.1) is 0 Å². The predicted molar refractivity (Wildman–Crippen MR) is 105 cm³/mol. The highest BCUT2D eigenvalue weighted by molar-refractivity contribution is 5.92. The first-order valence-corrected chi connectivity index (χ1v) is 10.0. The Hall–Kier alpha value is -2.78. The molecule has 154 valence electrons. The lowest BCUT2D eigenvalue weighted by atomic mass is 10.2. The molecule has 9 heteroatoms. The van der Waals surface area contributed by atoms with E-state index in [0.29, 0.717) is 18.1 Å². The Bertz CT molecular complexity index is 852. The molecular weight excluding hydrogens is 374 g/mol. The van der Waals surface area contributed by atoms with E-state index in [9.17, 15) is 14.9 Å². The maximum absolute atomic E-state index is 12.4. The number of hydrogen-bond acceptors (Lipinski definition) is 7. The molecule has 4 rings (SSSR count). The van der Waals surface area contributed by atoms with Gasteiger partial charge in [0.15, 0.2) is 5.69 Å². The summed E-state index contributed by atoms with van der Waals surface area (Å²) in [6.45, 7) is 6.54. The molecule has 2 aliphatic rings. The van der Waals surface area contributed by atoms with E-state index in [2.05, 4.69) is 14.8 Å². The number of likely N-dealkylation sites (tertiary alicyclic amines) is 1. The summed E-state index contributed by atoms with van der Waals surface area (Å²) >= 11 is 0. The second-order valence-electron chi connectivity index (χ2n) is 7.60. The molecule has 0 aliphatic carbocycles. The maximum atomic E-state index is 12.4. The van der Waals surface area contributed by atoms with Crippen LogP contribution in [0, 0.1) is 10.1 Å². The molecule has 0 radical (unpaired) electrons. The summed E-state index contributed by atoms with van der Waals surface area (Å²) in [7, 11) is 0. The van der Waals surface area contributed by atoms with Gasteiger partial charge in [0, 0.05) is 57.9 Å². The number of carbonyl (C=O) groups excluding carboxylic acids is 1. The van der Waals surface area contributed by atoms with E-state index in [0.717, 1.165) is 64.2 Å². The van der Waals surface area contributed by atoms with Gasteiger partial charge >= 0.3 is 0 Å². The molecule has 1 aromatic carbocycles. The molecule has 1 amide bonds. The topological polar surface area (TPSA) is 96.0 Å². The first-order chi connectivity index (χ1) is 14.1. The van der Waals surface area contributed by atoms with Crippen LogP contribution in [0.1, 0.15) is 34.8 Å². The molecule has 0 spiro atoms. The van der Waals surface area contributed by atoms with E-state index in [1.165, 1.54) is 6.26 Å². The molecule has 0 N–H and O–H groups in total. The molecule has 2 saturated heterocycles. The van der Waals surface area contributed by atoms with E-state index < -0.39 is 0 Å². The van der Waals surface area contributed by atoms with Gasteiger partial charge in [0.1, 0.15) is 6.26 Å². The number of nitro groups is 1. The lowest BCUT2D eigenvalue weighted by molar-refractivity contribution is -0.384. The SMILES string of the molecule is O=C(c1coc(CN2CCN(Cc3ccc([N+](=O)[O-])cc3)CC2)n1)N1CCCC1. The molecule has 3 heterocycles. The quantitative estimate of drug-likeness (QED) is 0.542. The lowest BCUT2D eigenvalue weighted by Gasteiger charge is -2.34. The number of nitrogens with zero attached hydrogens (tertiary/aromatic N) is 5. The first-order valence-electron chi connectivity index (χ1n) is 10.0. The Morgan fingerprint density at radius 3 is 2.24 bits per heavy atom. The molecule has 0 atom stereocenters. The van der Waals surface area contributed by atoms with Crippen LogP contribution >= 0.6 is 0 Å². The third kappa shape index (κ3) is 4.80. The standard InChI is InChI=1S/C20H25N5O4/c26-20(24-7-1-2-8-24)18-15-29-19(21-18)14-23-11-9-22(10-12-23)13-16-3-5-17(6-4-16)25(27)28/h3-6,15H,1-2,7-14H2. The number of rotatable bonds is 6. The van der Waals surface area contributed by atoms with E-state index >= 15 is 0 Å². The van der Waals surface area contributed by atoms with Crippen molar-refractivity contribution in [2.45, 2.75) is 25.9 Å². The van der Waals surface area contributed by atoms with Crippen molar-refractivity contribution < 1.29 is 14.1 Å². The highest BCUT2D eigenvalue weighted by Crippen LogP contribution is 2.16. The van der Waals surface area contributed by atoms with Gasteiger partial charge < -0.3 is 9.32 Å². The van der Waals surface area contributed by atoms with Crippen molar-refractivity contribution in [1.29, 1.82) is 0 Å². The van der Waals surface area contributed by atoms with Crippen LogP contribution < -0.4 is 0 Å². The van der Waals surface area contributed by atoms with E-state index in [-0.39, 0.29) is 16.5 Å². The van der Waals surface area contributed by atoms with Crippen LogP contribution in [0.2, 0.25) is 0 Å². The van der Waals surface area contributed by atoms with Crippen LogP contribution in [-0.2, 0) is 13.1 Å². The number of benzene rings is 1. The number of hydrogen-bond donors (Lipinski definition) is 0. The van der Waals surface area contributed by atoms with Crippen molar-refractivity contribution in [3.8, 4) is 0 Å². The van der Waals surface area contributed by atoms with Crippen molar-refractivity contribution in [3.05, 3.63) is 57.8 Å². The highest BCUT2D eigenvalue weighted by atomic mass is 16.6. The first kappa shape index (κ1) is 19.5. The Labute approximate surface area is 169 Å². The zero-order valence-corrected chi connectivity index (χ0v) is 16.3. The molecule has 2 fully saturated rings. The molecule has 1 aromatic heterocycles. The summed E-state index contributed by atoms with van der Waals surface area (Å²) in [6.07, 6.45) is 3.59. The minimum Gasteiger partial charge on any atom is -0.447 e. The van der Waals surface area contributed by atoms with E-state index in [1.807, 2.05) is 17.0 Å². The van der Waals surface area contributed by atoms with Crippen molar-refractivity contribution in [1.82, 2.24) is 19.7 Å². The minimum atomic E-state index is -0.380. The van der Waals surface area contributed by atoms with Gasteiger partial charge in [-0.05, 0) is 18.4 Å². The molecule has 0 bridgehead atoms. The minimum absolute atomic E-state index is 0.0367. The monoisotopic (exact) mass is 399 g/mol. The Morgan fingerprint density at radius 2 is 1.62 bits per heavy atom. The molecular formula is C20H25N5O4. The van der Waals surface area contributed by atoms with Crippen molar-refractivity contribution in [2.24, 2.45) is 0 Å². The van der Waals surface area contributed by atoms with Crippen molar-refractivity contribution >= 4 is 11.6 Å². The lowest BCUT2D eigenvalue weighted by Crippen LogP contribution is -2.45. The third-order valence-electron chi connectivity index (χ3n) is 5.54. The van der Waals surface area contributed by atoms with Gasteiger partial charge in [-0.1, -0.05) is 12.1 Å². The van der Waals surface area contributed by atoms with Gasteiger partial charge in [-0.25, -0.2) is 4.98 Å². The second-order valence-corrected chi connectivity index (χ2v) is 7.60. The normalized spacial score (nSPS) is 18.3. The Kier molecular flexibility index (Phi) is 5.86. The zero-order chi connectivity index (χ0) is 20.2. The average molecular weight is 399 g/mol. The molecule has 2 aliphatic heterocycles. The van der Waals surface area contributed by atoms with E-state index in [1.54, 1.807) is 12.1 Å². The molecule has 0 unspecified atom stereocenters. The highest BCUT2D eigenvalue weighted by Gasteiger charge is 2.24. The zero-order valence-electron chi connectivity index (χ0n) is 16.3. The molecule has 9 nitrogen and oxygen atoms in total. The fourth-order valence-electron chi connectivity index (χ4n) is 3.84. The number of piperazine rings is 1. The smallest absolute Gasteiger partial charge is 0.275 e.